The highest BCUT2D eigenvalue weighted by molar-refractivity contribution is 7.99. The van der Waals surface area contributed by atoms with Crippen LogP contribution < -0.4 is 0 Å². The number of nitrogens with zero attached hydrogens (tertiary/aromatic N) is 5. The van der Waals surface area contributed by atoms with E-state index in [2.05, 4.69) is 15.2 Å². The molecule has 0 unspecified atom stereocenters. The number of piperidine rings is 1. The molecule has 0 aliphatic carbocycles. The highest BCUT2D eigenvalue weighted by Crippen LogP contribution is 2.29. The van der Waals surface area contributed by atoms with Gasteiger partial charge >= 0.3 is 6.03 Å². The zero-order chi connectivity index (χ0) is 18.0. The second kappa shape index (κ2) is 7.63. The number of urea groups is 1. The van der Waals surface area contributed by atoms with Crippen LogP contribution in [0.2, 0.25) is 0 Å². The lowest BCUT2D eigenvalue weighted by atomic mass is 9.95. The van der Waals surface area contributed by atoms with Gasteiger partial charge in [0.2, 0.25) is 11.1 Å². The molecule has 4 heterocycles. The van der Waals surface area contributed by atoms with Gasteiger partial charge in [-0.3, -0.25) is 9.89 Å². The Hall–Kier alpha value is -1.77. The molecule has 8 nitrogen and oxygen atoms in total. The number of amides is 3. The minimum atomic E-state index is 0.0355. The largest absolute Gasteiger partial charge is 0.337 e. The second-order valence-corrected chi connectivity index (χ2v) is 7.87. The highest BCUT2D eigenvalue weighted by atomic mass is 32.2. The molecule has 1 N–H and O–H groups in total. The topological polar surface area (TPSA) is 85.4 Å². The second-order valence-electron chi connectivity index (χ2n) is 6.93. The summed E-state index contributed by atoms with van der Waals surface area (Å²) in [6.07, 6.45) is 2.85. The first-order valence-corrected chi connectivity index (χ1v) is 9.76. The SMILES string of the molecule is CCc1nc(SCC(=O)N2C[C@@H]3CC[C@H]2CN(C(=O)N(C)C)C3)n[nH]1. The van der Waals surface area contributed by atoms with E-state index in [9.17, 15) is 9.59 Å². The van der Waals surface area contributed by atoms with E-state index in [4.69, 9.17) is 0 Å². The third-order valence-electron chi connectivity index (χ3n) is 4.86. The Labute approximate surface area is 152 Å². The molecular weight excluding hydrogens is 340 g/mol. The first-order chi connectivity index (χ1) is 12.0. The smallest absolute Gasteiger partial charge is 0.319 e. The molecule has 138 valence electrons. The quantitative estimate of drug-likeness (QED) is 0.806. The fraction of sp³-hybridized carbons (Fsp3) is 0.750. The standard InChI is InChI=1S/C16H26N6O2S/c1-4-13-17-15(19-18-13)25-10-14(23)22-8-11-5-6-12(22)9-21(7-11)16(24)20(2)3/h11-12H,4-10H2,1-3H3,(H,17,18,19)/t11-,12+/m1/s1. The van der Waals surface area contributed by atoms with E-state index in [1.807, 2.05) is 16.7 Å². The van der Waals surface area contributed by atoms with Crippen molar-refractivity contribution in [3.05, 3.63) is 5.82 Å². The van der Waals surface area contributed by atoms with Crippen LogP contribution in [0, 0.1) is 5.92 Å². The number of hydrogen-bond donors (Lipinski definition) is 1. The summed E-state index contributed by atoms with van der Waals surface area (Å²) in [7, 11) is 3.55. The number of rotatable bonds is 4. The number of nitrogens with one attached hydrogen (secondary N) is 1. The normalized spacial score (nSPS) is 22.8. The molecule has 4 rings (SSSR count). The van der Waals surface area contributed by atoms with Crippen LogP contribution in [0.25, 0.3) is 0 Å². The van der Waals surface area contributed by atoms with Gasteiger partial charge in [0.25, 0.3) is 0 Å². The summed E-state index contributed by atoms with van der Waals surface area (Å²) < 4.78 is 0. The minimum absolute atomic E-state index is 0.0355. The van der Waals surface area contributed by atoms with Gasteiger partial charge in [0.05, 0.1) is 5.75 Å². The van der Waals surface area contributed by atoms with Crippen molar-refractivity contribution in [3.63, 3.8) is 0 Å². The average molecular weight is 366 g/mol. The van der Waals surface area contributed by atoms with Crippen LogP contribution in [0.15, 0.2) is 5.16 Å². The van der Waals surface area contributed by atoms with Gasteiger partial charge in [0.15, 0.2) is 0 Å². The molecule has 2 bridgehead atoms. The van der Waals surface area contributed by atoms with Crippen LogP contribution in [0.3, 0.4) is 0 Å². The number of aromatic nitrogens is 3. The van der Waals surface area contributed by atoms with Gasteiger partial charge in [-0.25, -0.2) is 9.78 Å². The lowest BCUT2D eigenvalue weighted by molar-refractivity contribution is -0.132. The number of aromatic amines is 1. The zero-order valence-electron chi connectivity index (χ0n) is 15.1. The number of aryl methyl sites for hydroxylation is 1. The predicted molar refractivity (Wildman–Crippen MR) is 95.4 cm³/mol. The van der Waals surface area contributed by atoms with E-state index in [0.29, 0.717) is 23.4 Å². The molecule has 1 aromatic heterocycles. The third-order valence-corrected chi connectivity index (χ3v) is 5.69. The van der Waals surface area contributed by atoms with Gasteiger partial charge in [-0.15, -0.1) is 5.10 Å². The Morgan fingerprint density at radius 3 is 2.76 bits per heavy atom. The summed E-state index contributed by atoms with van der Waals surface area (Å²) in [5.74, 6) is 1.65. The summed E-state index contributed by atoms with van der Waals surface area (Å²) in [5.41, 5.74) is 0. The Bertz CT molecular complexity index is 634. The summed E-state index contributed by atoms with van der Waals surface area (Å²) in [5, 5.41) is 7.61. The molecule has 0 spiro atoms. The first-order valence-electron chi connectivity index (χ1n) is 8.77. The van der Waals surface area contributed by atoms with Crippen LogP contribution in [0.1, 0.15) is 25.6 Å². The molecule has 3 aliphatic heterocycles. The third kappa shape index (κ3) is 4.08. The number of fused-ring (bicyclic) bond motifs is 4. The highest BCUT2D eigenvalue weighted by Gasteiger charge is 2.38. The van der Waals surface area contributed by atoms with Crippen LogP contribution in [-0.4, -0.2) is 87.3 Å². The van der Waals surface area contributed by atoms with E-state index in [0.717, 1.165) is 38.2 Å². The van der Waals surface area contributed by atoms with Gasteiger partial charge < -0.3 is 14.7 Å². The van der Waals surface area contributed by atoms with Crippen molar-refractivity contribution in [3.8, 4) is 0 Å². The molecule has 25 heavy (non-hydrogen) atoms. The van der Waals surface area contributed by atoms with E-state index >= 15 is 0 Å². The zero-order valence-corrected chi connectivity index (χ0v) is 15.9. The van der Waals surface area contributed by atoms with Crippen molar-refractivity contribution in [2.75, 3.05) is 39.5 Å². The van der Waals surface area contributed by atoms with Crippen LogP contribution >= 0.6 is 11.8 Å². The minimum Gasteiger partial charge on any atom is -0.337 e. The Balaban J connectivity index is 1.60. The number of carbonyl (C=O) groups is 2. The van der Waals surface area contributed by atoms with Crippen molar-refractivity contribution in [1.29, 1.82) is 0 Å². The van der Waals surface area contributed by atoms with Gasteiger partial charge in [-0.1, -0.05) is 18.7 Å². The molecule has 9 heteroatoms. The van der Waals surface area contributed by atoms with Crippen molar-refractivity contribution in [2.45, 2.75) is 37.4 Å². The molecule has 3 fully saturated rings. The van der Waals surface area contributed by atoms with E-state index in [1.165, 1.54) is 11.8 Å². The molecule has 0 aromatic carbocycles. The summed E-state index contributed by atoms with van der Waals surface area (Å²) >= 11 is 1.37. The van der Waals surface area contributed by atoms with Crippen molar-refractivity contribution in [1.82, 2.24) is 29.9 Å². The fourth-order valence-electron chi connectivity index (χ4n) is 3.54. The number of hydrogen-bond acceptors (Lipinski definition) is 5. The maximum Gasteiger partial charge on any atom is 0.319 e. The monoisotopic (exact) mass is 366 g/mol. The number of carbonyl (C=O) groups excluding carboxylic acids is 2. The number of H-pyrrole nitrogens is 1. The predicted octanol–water partition coefficient (Wildman–Crippen LogP) is 1.06. The molecule has 3 saturated heterocycles. The molecule has 3 aliphatic rings. The lowest BCUT2D eigenvalue weighted by Gasteiger charge is -2.36. The molecule has 3 amide bonds. The average Bonchev–Trinajstić information content (AvgIpc) is 2.87. The molecule has 0 saturated carbocycles. The van der Waals surface area contributed by atoms with Crippen molar-refractivity contribution < 1.29 is 9.59 Å². The molecule has 2 atom stereocenters. The van der Waals surface area contributed by atoms with E-state index in [1.54, 1.807) is 19.0 Å². The summed E-state index contributed by atoms with van der Waals surface area (Å²) in [4.78, 5) is 34.8. The molecule has 0 radical (unpaired) electrons. The Kier molecular flexibility index (Phi) is 5.51. The summed E-state index contributed by atoms with van der Waals surface area (Å²) in [6, 6.07) is 0.155. The van der Waals surface area contributed by atoms with Crippen molar-refractivity contribution >= 4 is 23.7 Å². The van der Waals surface area contributed by atoms with Crippen LogP contribution in [-0.2, 0) is 11.2 Å². The van der Waals surface area contributed by atoms with Crippen LogP contribution in [0.4, 0.5) is 4.79 Å². The van der Waals surface area contributed by atoms with E-state index < -0.39 is 0 Å². The first kappa shape index (κ1) is 18.0. The van der Waals surface area contributed by atoms with Gasteiger partial charge in [-0.05, 0) is 18.8 Å². The maximum absolute atomic E-state index is 12.7. The molecule has 1 aromatic rings. The molecular formula is C16H26N6O2S. The Morgan fingerprint density at radius 1 is 1.28 bits per heavy atom. The van der Waals surface area contributed by atoms with E-state index in [-0.39, 0.29) is 18.0 Å². The Morgan fingerprint density at radius 2 is 2.08 bits per heavy atom. The van der Waals surface area contributed by atoms with Gasteiger partial charge in [0.1, 0.15) is 5.82 Å². The number of thioether (sulfide) groups is 1. The van der Waals surface area contributed by atoms with Crippen molar-refractivity contribution in [2.24, 2.45) is 5.92 Å². The van der Waals surface area contributed by atoms with Crippen LogP contribution in [0.5, 0.6) is 0 Å². The van der Waals surface area contributed by atoms with Gasteiger partial charge in [-0.2, -0.15) is 0 Å². The van der Waals surface area contributed by atoms with Gasteiger partial charge in [0, 0.05) is 46.2 Å². The fourth-order valence-corrected chi connectivity index (χ4v) is 4.24. The summed E-state index contributed by atoms with van der Waals surface area (Å²) in [6.45, 7) is 4.13. The lowest BCUT2D eigenvalue weighted by Crippen LogP contribution is -2.49. The maximum atomic E-state index is 12.7.